The van der Waals surface area contributed by atoms with Crippen molar-refractivity contribution in [2.45, 2.75) is 27.2 Å². The minimum absolute atomic E-state index is 0.290. The maximum Gasteiger partial charge on any atom is 0.0385 e. The molecule has 0 aromatic rings. The Kier molecular flexibility index (Phi) is 8.36. The highest BCUT2D eigenvalue weighted by Gasteiger charge is 2.08. The topological polar surface area (TPSA) is 52.4 Å². The molecule has 0 spiro atoms. The molecule has 1 aliphatic rings. The third-order valence-corrected chi connectivity index (χ3v) is 3.28. The lowest BCUT2D eigenvalue weighted by atomic mass is 10.0. The minimum Gasteiger partial charge on any atom is -0.385 e. The fraction of sp³-hybridized carbons (Fsp3) is 0.389. The quantitative estimate of drug-likeness (QED) is 0.551. The number of hydrogen-bond donors (Lipinski definition) is 1. The molecule has 0 fully saturated rings. The van der Waals surface area contributed by atoms with Crippen LogP contribution in [0.4, 0.5) is 0 Å². The van der Waals surface area contributed by atoms with E-state index in [-0.39, 0.29) is 5.92 Å². The van der Waals surface area contributed by atoms with Gasteiger partial charge in [-0.05, 0) is 44.4 Å². The molecule has 0 aromatic heterocycles. The predicted octanol–water partition coefficient (Wildman–Crippen LogP) is 3.51. The fourth-order valence-corrected chi connectivity index (χ4v) is 2.01. The van der Waals surface area contributed by atoms with Crippen molar-refractivity contribution in [2.75, 3.05) is 13.6 Å². The van der Waals surface area contributed by atoms with E-state index in [4.69, 9.17) is 0 Å². The van der Waals surface area contributed by atoms with Crippen molar-refractivity contribution in [3.63, 3.8) is 0 Å². The normalized spacial score (nSPS) is 17.7. The molecule has 0 aliphatic carbocycles. The van der Waals surface area contributed by atoms with Gasteiger partial charge in [0, 0.05) is 62.2 Å². The van der Waals surface area contributed by atoms with E-state index in [1.165, 1.54) is 5.57 Å². The smallest absolute Gasteiger partial charge is 0.0385 e. The van der Waals surface area contributed by atoms with Crippen LogP contribution < -0.4 is 5.32 Å². The van der Waals surface area contributed by atoms with Crippen molar-refractivity contribution in [1.82, 2.24) is 10.3 Å². The maximum absolute atomic E-state index is 4.36. The first kappa shape index (κ1) is 18.6. The Morgan fingerprint density at radius 3 is 3.00 bits per heavy atom. The maximum atomic E-state index is 4.36. The van der Waals surface area contributed by atoms with E-state index in [0.29, 0.717) is 0 Å². The molecule has 5 heteroatoms. The number of nitrogens with one attached hydrogen (secondary N) is 1. The molecule has 0 bridgehead atoms. The van der Waals surface area contributed by atoms with Crippen molar-refractivity contribution in [2.24, 2.45) is 21.0 Å². The summed E-state index contributed by atoms with van der Waals surface area (Å²) >= 11 is 0. The Morgan fingerprint density at radius 2 is 2.35 bits per heavy atom. The average Bonchev–Trinajstić information content (AvgIpc) is 2.54. The van der Waals surface area contributed by atoms with Crippen molar-refractivity contribution < 1.29 is 0 Å². The van der Waals surface area contributed by atoms with Gasteiger partial charge in [-0.2, -0.15) is 5.10 Å². The van der Waals surface area contributed by atoms with Gasteiger partial charge in [-0.15, -0.1) is 0 Å². The number of nitrogens with zero attached hydrogens (tertiary/aromatic N) is 4. The molecule has 1 heterocycles. The molecule has 0 saturated heterocycles. The highest BCUT2D eigenvalue weighted by Crippen LogP contribution is 2.15. The second kappa shape index (κ2) is 10.3. The van der Waals surface area contributed by atoms with Crippen LogP contribution in [0.15, 0.2) is 62.7 Å². The van der Waals surface area contributed by atoms with E-state index < -0.39 is 0 Å². The van der Waals surface area contributed by atoms with Gasteiger partial charge in [0.25, 0.3) is 0 Å². The number of allylic oxidation sites excluding steroid dienone is 5. The van der Waals surface area contributed by atoms with E-state index in [1.54, 1.807) is 6.20 Å². The molecule has 0 amide bonds. The summed E-state index contributed by atoms with van der Waals surface area (Å²) in [4.78, 5) is 8.26. The Morgan fingerprint density at radius 1 is 1.57 bits per heavy atom. The zero-order chi connectivity index (χ0) is 17.1. The average molecular weight is 313 g/mol. The van der Waals surface area contributed by atoms with Crippen LogP contribution in [0.3, 0.4) is 0 Å². The molecule has 1 atom stereocenters. The molecular formula is C18H27N5. The number of hydrogen-bond acceptors (Lipinski definition) is 5. The molecule has 0 aromatic carbocycles. The van der Waals surface area contributed by atoms with E-state index in [2.05, 4.69) is 47.2 Å². The van der Waals surface area contributed by atoms with E-state index in [0.717, 1.165) is 24.4 Å². The third-order valence-electron chi connectivity index (χ3n) is 3.28. The molecule has 23 heavy (non-hydrogen) atoms. The summed E-state index contributed by atoms with van der Waals surface area (Å²) in [6, 6.07) is 0. The highest BCUT2D eigenvalue weighted by atomic mass is 15.4. The summed E-state index contributed by atoms with van der Waals surface area (Å²) in [7, 11) is 1.93. The first-order valence-electron chi connectivity index (χ1n) is 7.81. The third kappa shape index (κ3) is 7.40. The van der Waals surface area contributed by atoms with Gasteiger partial charge >= 0.3 is 0 Å². The lowest BCUT2D eigenvalue weighted by Crippen LogP contribution is -2.13. The zero-order valence-electron chi connectivity index (χ0n) is 14.5. The molecule has 124 valence electrons. The second-order valence-electron chi connectivity index (χ2n) is 5.30. The van der Waals surface area contributed by atoms with E-state index in [9.17, 15) is 0 Å². The lowest BCUT2D eigenvalue weighted by molar-refractivity contribution is 0.474. The SMILES string of the molecule is C=N/C(C)=C/C(=C\C=C\N=C/C(C)C1=CN(C)N=CC1)NCC. The van der Waals surface area contributed by atoms with E-state index >= 15 is 0 Å². The molecule has 1 rings (SSSR count). The van der Waals surface area contributed by atoms with Crippen molar-refractivity contribution >= 4 is 19.1 Å². The summed E-state index contributed by atoms with van der Waals surface area (Å²) in [5.41, 5.74) is 3.17. The Labute approximate surface area is 139 Å². The summed E-state index contributed by atoms with van der Waals surface area (Å²) in [6.45, 7) is 10.5. The molecule has 1 N–H and O–H groups in total. The summed E-state index contributed by atoms with van der Waals surface area (Å²) in [5.74, 6) is 0.290. The van der Waals surface area contributed by atoms with Gasteiger partial charge in [-0.1, -0.05) is 6.92 Å². The number of likely N-dealkylation sites (N-methyl/N-ethyl adjacent to an activating group) is 1. The second-order valence-corrected chi connectivity index (χ2v) is 5.30. The number of aliphatic imine (C=N–C) groups is 2. The fourth-order valence-electron chi connectivity index (χ4n) is 2.01. The van der Waals surface area contributed by atoms with Crippen LogP contribution in [0.5, 0.6) is 0 Å². The van der Waals surface area contributed by atoms with Crippen LogP contribution in [-0.2, 0) is 0 Å². The standard InChI is InChI=1S/C18H27N5/c1-6-21-18(12-16(3)19-4)8-7-10-20-13-15(2)17-9-11-22-23(5)14-17/h7-8,10-15,21H,4,6,9H2,1-3,5H3/b10-7+,16-12+,18-8+,20-13-. The molecule has 0 saturated carbocycles. The summed E-state index contributed by atoms with van der Waals surface area (Å²) in [5, 5.41) is 9.28. The lowest BCUT2D eigenvalue weighted by Gasteiger charge is -2.17. The van der Waals surface area contributed by atoms with Gasteiger partial charge in [0.15, 0.2) is 0 Å². The van der Waals surface area contributed by atoms with Crippen LogP contribution in [0.25, 0.3) is 0 Å². The van der Waals surface area contributed by atoms with Gasteiger partial charge in [0.1, 0.15) is 0 Å². The van der Waals surface area contributed by atoms with E-state index in [1.807, 2.05) is 49.6 Å². The van der Waals surface area contributed by atoms with Crippen LogP contribution in [0, 0.1) is 5.92 Å². The van der Waals surface area contributed by atoms with Crippen LogP contribution in [0.2, 0.25) is 0 Å². The van der Waals surface area contributed by atoms with Crippen LogP contribution in [-0.4, -0.2) is 37.7 Å². The van der Waals surface area contributed by atoms with Gasteiger partial charge in [0.2, 0.25) is 0 Å². The first-order valence-corrected chi connectivity index (χ1v) is 7.81. The van der Waals surface area contributed by atoms with Gasteiger partial charge in [-0.3, -0.25) is 15.0 Å². The van der Waals surface area contributed by atoms with Crippen molar-refractivity contribution in [3.05, 3.63) is 47.6 Å². The zero-order valence-corrected chi connectivity index (χ0v) is 14.5. The number of hydrazone groups is 1. The Bertz CT molecular complexity index is 564. The molecular weight excluding hydrogens is 286 g/mol. The van der Waals surface area contributed by atoms with Gasteiger partial charge in [0.05, 0.1) is 0 Å². The van der Waals surface area contributed by atoms with Crippen LogP contribution in [0.1, 0.15) is 27.2 Å². The van der Waals surface area contributed by atoms with Gasteiger partial charge in [-0.25, -0.2) is 0 Å². The van der Waals surface area contributed by atoms with Crippen molar-refractivity contribution in [3.8, 4) is 0 Å². The van der Waals surface area contributed by atoms with Gasteiger partial charge < -0.3 is 5.32 Å². The van der Waals surface area contributed by atoms with Crippen LogP contribution >= 0.6 is 0 Å². The first-order chi connectivity index (χ1) is 11.1. The summed E-state index contributed by atoms with van der Waals surface area (Å²) < 4.78 is 0. The predicted molar refractivity (Wildman–Crippen MR) is 101 cm³/mol. The highest BCUT2D eigenvalue weighted by molar-refractivity contribution is 5.70. The Balaban J connectivity index is 2.62. The molecule has 0 radical (unpaired) electrons. The Hall–Kier alpha value is -2.43. The molecule has 1 aliphatic heterocycles. The summed E-state index contributed by atoms with van der Waals surface area (Å²) in [6.07, 6.45) is 14.4. The largest absolute Gasteiger partial charge is 0.385 e. The molecule has 1 unspecified atom stereocenters. The number of rotatable bonds is 8. The molecule has 5 nitrogen and oxygen atoms in total. The monoisotopic (exact) mass is 313 g/mol. The van der Waals surface area contributed by atoms with Crippen molar-refractivity contribution in [1.29, 1.82) is 0 Å². The minimum atomic E-state index is 0.290.